The summed E-state index contributed by atoms with van der Waals surface area (Å²) in [6.07, 6.45) is 3.22. The first kappa shape index (κ1) is 16.4. The number of benzene rings is 2. The van der Waals surface area contributed by atoms with Gasteiger partial charge in [-0.1, -0.05) is 54.6 Å². The fraction of sp³-hybridized carbons (Fsp3) is 0.100. The Labute approximate surface area is 149 Å². The third kappa shape index (κ3) is 3.89. The van der Waals surface area contributed by atoms with Crippen LogP contribution in [-0.4, -0.2) is 10.9 Å². The van der Waals surface area contributed by atoms with Crippen molar-refractivity contribution in [1.82, 2.24) is 10.3 Å². The molecule has 0 bridgehead atoms. The third-order valence-corrected chi connectivity index (χ3v) is 4.27. The van der Waals surface area contributed by atoms with Gasteiger partial charge in [-0.3, -0.25) is 9.78 Å². The van der Waals surface area contributed by atoms with E-state index in [0.29, 0.717) is 5.56 Å². The number of aromatic nitrogens is 1. The summed E-state index contributed by atoms with van der Waals surface area (Å²) in [7, 11) is 0. The smallest absolute Gasteiger partial charge is 0.253 e. The molecule has 0 spiro atoms. The van der Waals surface area contributed by atoms with Crippen LogP contribution in [-0.2, 0) is 0 Å². The number of nitrogens with one attached hydrogen (secondary N) is 1. The average molecular weight is 381 g/mol. The van der Waals surface area contributed by atoms with Crippen molar-refractivity contribution in [2.75, 3.05) is 0 Å². The Morgan fingerprint density at radius 1 is 1.00 bits per heavy atom. The van der Waals surface area contributed by atoms with Crippen molar-refractivity contribution in [1.29, 1.82) is 0 Å². The summed E-state index contributed by atoms with van der Waals surface area (Å²) in [5.41, 5.74) is 3.94. The lowest BCUT2D eigenvalue weighted by Crippen LogP contribution is -2.26. The Kier molecular flexibility index (Phi) is 5.06. The summed E-state index contributed by atoms with van der Waals surface area (Å²) in [6.45, 7) is 1.97. The predicted molar refractivity (Wildman–Crippen MR) is 99.7 cm³/mol. The van der Waals surface area contributed by atoms with Gasteiger partial charge in [0.05, 0.1) is 11.6 Å². The molecule has 3 aromatic rings. The Bertz CT molecular complexity index is 832. The first-order valence-electron chi connectivity index (χ1n) is 7.70. The van der Waals surface area contributed by atoms with Crippen LogP contribution >= 0.6 is 15.9 Å². The molecule has 1 amide bonds. The molecule has 0 radical (unpaired) electrons. The lowest BCUT2D eigenvalue weighted by atomic mass is 10.0. The van der Waals surface area contributed by atoms with Gasteiger partial charge in [0.2, 0.25) is 0 Å². The normalized spacial score (nSPS) is 11.8. The van der Waals surface area contributed by atoms with Crippen molar-refractivity contribution in [3.8, 4) is 11.1 Å². The van der Waals surface area contributed by atoms with E-state index in [9.17, 15) is 4.79 Å². The van der Waals surface area contributed by atoms with E-state index in [-0.39, 0.29) is 11.9 Å². The number of hydrogen-bond donors (Lipinski definition) is 1. The quantitative estimate of drug-likeness (QED) is 0.691. The van der Waals surface area contributed by atoms with Gasteiger partial charge < -0.3 is 5.32 Å². The highest BCUT2D eigenvalue weighted by molar-refractivity contribution is 9.10. The number of carbonyl (C=O) groups is 1. The molecule has 0 aliphatic heterocycles. The van der Waals surface area contributed by atoms with Gasteiger partial charge in [0.15, 0.2) is 0 Å². The first-order chi connectivity index (χ1) is 11.6. The van der Waals surface area contributed by atoms with Crippen LogP contribution in [0.15, 0.2) is 77.5 Å². The molecule has 24 heavy (non-hydrogen) atoms. The molecule has 1 aromatic heterocycles. The SMILES string of the molecule is C[C@H](NC(=O)c1cncc(Br)c1)c1ccc(-c2ccccc2)cc1. The van der Waals surface area contributed by atoms with Crippen molar-refractivity contribution >= 4 is 21.8 Å². The van der Waals surface area contributed by atoms with E-state index in [4.69, 9.17) is 0 Å². The van der Waals surface area contributed by atoms with Gasteiger partial charge >= 0.3 is 0 Å². The van der Waals surface area contributed by atoms with Crippen molar-refractivity contribution < 1.29 is 4.79 Å². The molecule has 0 aliphatic carbocycles. The van der Waals surface area contributed by atoms with E-state index in [2.05, 4.69) is 50.5 Å². The van der Waals surface area contributed by atoms with E-state index >= 15 is 0 Å². The van der Waals surface area contributed by atoms with Crippen LogP contribution in [0, 0.1) is 0 Å². The zero-order valence-electron chi connectivity index (χ0n) is 13.2. The van der Waals surface area contributed by atoms with Crippen LogP contribution in [0.1, 0.15) is 28.9 Å². The maximum absolute atomic E-state index is 12.3. The minimum absolute atomic E-state index is 0.0821. The lowest BCUT2D eigenvalue weighted by Gasteiger charge is -2.15. The van der Waals surface area contributed by atoms with Crippen LogP contribution < -0.4 is 5.32 Å². The maximum Gasteiger partial charge on any atom is 0.253 e. The Hall–Kier alpha value is -2.46. The van der Waals surface area contributed by atoms with Crippen molar-refractivity contribution in [3.63, 3.8) is 0 Å². The highest BCUT2D eigenvalue weighted by atomic mass is 79.9. The molecule has 0 fully saturated rings. The number of hydrogen-bond acceptors (Lipinski definition) is 2. The Morgan fingerprint density at radius 2 is 1.67 bits per heavy atom. The van der Waals surface area contributed by atoms with Crippen molar-refractivity contribution in [2.45, 2.75) is 13.0 Å². The van der Waals surface area contributed by atoms with Crippen LogP contribution in [0.2, 0.25) is 0 Å². The van der Waals surface area contributed by atoms with Crippen LogP contribution in [0.5, 0.6) is 0 Å². The summed E-state index contributed by atoms with van der Waals surface area (Å²) < 4.78 is 0.787. The highest BCUT2D eigenvalue weighted by Gasteiger charge is 2.12. The minimum atomic E-state index is -0.136. The molecule has 0 aliphatic rings. The van der Waals surface area contributed by atoms with Gasteiger partial charge in [0.25, 0.3) is 5.91 Å². The van der Waals surface area contributed by atoms with E-state index < -0.39 is 0 Å². The van der Waals surface area contributed by atoms with E-state index in [1.165, 1.54) is 5.56 Å². The average Bonchev–Trinajstić information content (AvgIpc) is 2.62. The molecule has 0 saturated heterocycles. The number of pyridine rings is 1. The Balaban J connectivity index is 1.71. The fourth-order valence-electron chi connectivity index (χ4n) is 2.49. The molecule has 4 heteroatoms. The molecule has 0 saturated carbocycles. The summed E-state index contributed by atoms with van der Waals surface area (Å²) in [5, 5.41) is 3.00. The zero-order chi connectivity index (χ0) is 16.9. The molecule has 1 atom stereocenters. The van der Waals surface area contributed by atoms with E-state index in [1.807, 2.05) is 37.3 Å². The summed E-state index contributed by atoms with van der Waals surface area (Å²) in [5.74, 6) is -0.136. The van der Waals surface area contributed by atoms with Gasteiger partial charge in [-0.15, -0.1) is 0 Å². The van der Waals surface area contributed by atoms with Crippen LogP contribution in [0.4, 0.5) is 0 Å². The molecular weight excluding hydrogens is 364 g/mol. The largest absolute Gasteiger partial charge is 0.345 e. The number of nitrogens with zero attached hydrogens (tertiary/aromatic N) is 1. The van der Waals surface area contributed by atoms with Crippen LogP contribution in [0.3, 0.4) is 0 Å². The second-order valence-electron chi connectivity index (χ2n) is 5.58. The second kappa shape index (κ2) is 7.41. The lowest BCUT2D eigenvalue weighted by molar-refractivity contribution is 0.0939. The van der Waals surface area contributed by atoms with Gasteiger partial charge in [0.1, 0.15) is 0 Å². The van der Waals surface area contributed by atoms with Gasteiger partial charge in [-0.2, -0.15) is 0 Å². The minimum Gasteiger partial charge on any atom is -0.345 e. The molecule has 0 unspecified atom stereocenters. The maximum atomic E-state index is 12.3. The Morgan fingerprint density at radius 3 is 2.33 bits per heavy atom. The summed E-state index contributed by atoms with van der Waals surface area (Å²) in [4.78, 5) is 16.3. The van der Waals surface area contributed by atoms with Gasteiger partial charge in [-0.05, 0) is 45.6 Å². The molecular formula is C20H17BrN2O. The number of amides is 1. The molecule has 120 valence electrons. The van der Waals surface area contributed by atoms with Crippen molar-refractivity contribution in [2.24, 2.45) is 0 Å². The van der Waals surface area contributed by atoms with Crippen molar-refractivity contribution in [3.05, 3.63) is 88.7 Å². The van der Waals surface area contributed by atoms with E-state index in [0.717, 1.165) is 15.6 Å². The van der Waals surface area contributed by atoms with Gasteiger partial charge in [0, 0.05) is 16.9 Å². The van der Waals surface area contributed by atoms with E-state index in [1.54, 1.807) is 18.5 Å². The molecule has 2 aromatic carbocycles. The number of carbonyl (C=O) groups excluding carboxylic acids is 1. The molecule has 1 heterocycles. The monoisotopic (exact) mass is 380 g/mol. The zero-order valence-corrected chi connectivity index (χ0v) is 14.8. The highest BCUT2D eigenvalue weighted by Crippen LogP contribution is 2.22. The second-order valence-corrected chi connectivity index (χ2v) is 6.49. The number of rotatable bonds is 4. The fourth-order valence-corrected chi connectivity index (χ4v) is 2.86. The molecule has 3 rings (SSSR count). The van der Waals surface area contributed by atoms with Gasteiger partial charge in [-0.25, -0.2) is 0 Å². The third-order valence-electron chi connectivity index (χ3n) is 3.83. The predicted octanol–water partition coefficient (Wildman–Crippen LogP) is 5.00. The molecule has 1 N–H and O–H groups in total. The molecule has 3 nitrogen and oxygen atoms in total. The first-order valence-corrected chi connectivity index (χ1v) is 8.49. The summed E-state index contributed by atoms with van der Waals surface area (Å²) >= 11 is 3.33. The number of halogens is 1. The summed E-state index contributed by atoms with van der Waals surface area (Å²) in [6, 6.07) is 20.2. The standard InChI is InChI=1S/C20H17BrN2O/c1-14(23-20(24)18-11-19(21)13-22-12-18)15-7-9-17(10-8-15)16-5-3-2-4-6-16/h2-14H,1H3,(H,23,24)/t14-/m0/s1. The topological polar surface area (TPSA) is 42.0 Å². The van der Waals surface area contributed by atoms with Crippen LogP contribution in [0.25, 0.3) is 11.1 Å².